The topological polar surface area (TPSA) is 21.3 Å². The molecule has 1 aromatic carbocycles. The minimum atomic E-state index is 0.146. The Labute approximate surface area is 114 Å². The molecule has 0 radical (unpaired) electrons. The van der Waals surface area contributed by atoms with Gasteiger partial charge in [0.15, 0.2) is 0 Å². The summed E-state index contributed by atoms with van der Waals surface area (Å²) >= 11 is 5.94. The zero-order valence-electron chi connectivity index (χ0n) is 10.7. The smallest absolute Gasteiger partial charge is 0.0975 e. The van der Waals surface area contributed by atoms with Gasteiger partial charge in [-0.1, -0.05) is 30.2 Å². The standard InChI is InChI=1S/C15H20ClNO/c1-10-15(11-5-7-13(16)8-6-11)18-9-12-3-2-4-14(12)17-10/h5-8,10,12,14-15,17H,2-4,9H2,1H3. The van der Waals surface area contributed by atoms with Crippen LogP contribution in [0, 0.1) is 5.92 Å². The Hall–Kier alpha value is -0.570. The molecule has 2 fully saturated rings. The van der Waals surface area contributed by atoms with Crippen LogP contribution in [0.15, 0.2) is 24.3 Å². The molecule has 3 heteroatoms. The molecule has 2 nitrogen and oxygen atoms in total. The van der Waals surface area contributed by atoms with Gasteiger partial charge in [0.1, 0.15) is 0 Å². The number of halogens is 1. The Balaban J connectivity index is 1.78. The highest BCUT2D eigenvalue weighted by atomic mass is 35.5. The van der Waals surface area contributed by atoms with Gasteiger partial charge in [0.2, 0.25) is 0 Å². The summed E-state index contributed by atoms with van der Waals surface area (Å²) in [6.45, 7) is 3.11. The van der Waals surface area contributed by atoms with Crippen LogP contribution in [-0.4, -0.2) is 18.7 Å². The lowest BCUT2D eigenvalue weighted by molar-refractivity contribution is 0.0307. The van der Waals surface area contributed by atoms with Crippen LogP contribution in [0.4, 0.5) is 0 Å². The third-order valence-corrected chi connectivity index (χ3v) is 4.53. The second kappa shape index (κ2) is 5.20. The van der Waals surface area contributed by atoms with Crippen molar-refractivity contribution in [2.24, 2.45) is 5.92 Å². The Morgan fingerprint density at radius 1 is 1.22 bits per heavy atom. The second-order valence-corrected chi connectivity index (χ2v) is 5.99. The molecule has 4 unspecified atom stereocenters. The summed E-state index contributed by atoms with van der Waals surface area (Å²) in [5.41, 5.74) is 1.22. The first-order valence-electron chi connectivity index (χ1n) is 6.87. The Morgan fingerprint density at radius 3 is 2.78 bits per heavy atom. The highest BCUT2D eigenvalue weighted by Crippen LogP contribution is 2.33. The monoisotopic (exact) mass is 265 g/mol. The Morgan fingerprint density at radius 2 is 2.00 bits per heavy atom. The molecule has 1 N–H and O–H groups in total. The number of fused-ring (bicyclic) bond motifs is 1. The van der Waals surface area contributed by atoms with E-state index in [-0.39, 0.29) is 6.10 Å². The van der Waals surface area contributed by atoms with Crippen molar-refractivity contribution in [3.63, 3.8) is 0 Å². The Bertz CT molecular complexity index is 405. The quantitative estimate of drug-likeness (QED) is 0.838. The van der Waals surface area contributed by atoms with E-state index in [4.69, 9.17) is 16.3 Å². The number of nitrogens with one attached hydrogen (secondary N) is 1. The van der Waals surface area contributed by atoms with E-state index in [9.17, 15) is 0 Å². The SMILES string of the molecule is CC1NC2CCCC2COC1c1ccc(Cl)cc1. The highest BCUT2D eigenvalue weighted by Gasteiger charge is 2.35. The normalized spacial score (nSPS) is 36.1. The summed E-state index contributed by atoms with van der Waals surface area (Å²) in [5.74, 6) is 0.699. The number of benzene rings is 1. The molecule has 18 heavy (non-hydrogen) atoms. The van der Waals surface area contributed by atoms with Gasteiger partial charge in [-0.2, -0.15) is 0 Å². The lowest BCUT2D eigenvalue weighted by atomic mass is 10.0. The summed E-state index contributed by atoms with van der Waals surface area (Å²) in [6, 6.07) is 9.05. The van der Waals surface area contributed by atoms with Gasteiger partial charge in [0.25, 0.3) is 0 Å². The molecule has 1 aliphatic carbocycles. The molecule has 0 spiro atoms. The lowest BCUT2D eigenvalue weighted by Crippen LogP contribution is -2.39. The zero-order valence-corrected chi connectivity index (χ0v) is 11.5. The number of hydrogen-bond donors (Lipinski definition) is 1. The predicted octanol–water partition coefficient (Wildman–Crippen LogP) is 3.56. The molecule has 3 rings (SSSR count). The van der Waals surface area contributed by atoms with Gasteiger partial charge in [-0.25, -0.2) is 0 Å². The fraction of sp³-hybridized carbons (Fsp3) is 0.600. The highest BCUT2D eigenvalue weighted by molar-refractivity contribution is 6.30. The van der Waals surface area contributed by atoms with Crippen molar-refractivity contribution < 1.29 is 4.74 Å². The molecule has 0 bridgehead atoms. The van der Waals surface area contributed by atoms with Crippen molar-refractivity contribution in [2.45, 2.75) is 44.4 Å². The van der Waals surface area contributed by atoms with Crippen molar-refractivity contribution in [3.8, 4) is 0 Å². The van der Waals surface area contributed by atoms with E-state index in [0.29, 0.717) is 18.0 Å². The van der Waals surface area contributed by atoms with Crippen LogP contribution in [0.1, 0.15) is 37.9 Å². The van der Waals surface area contributed by atoms with Crippen molar-refractivity contribution in [1.82, 2.24) is 5.32 Å². The number of ether oxygens (including phenoxy) is 1. The van der Waals surface area contributed by atoms with Crippen LogP contribution < -0.4 is 5.32 Å². The third-order valence-electron chi connectivity index (χ3n) is 4.28. The first-order valence-corrected chi connectivity index (χ1v) is 7.25. The van der Waals surface area contributed by atoms with Crippen LogP contribution in [0.2, 0.25) is 5.02 Å². The van der Waals surface area contributed by atoms with E-state index < -0.39 is 0 Å². The zero-order chi connectivity index (χ0) is 12.5. The van der Waals surface area contributed by atoms with E-state index >= 15 is 0 Å². The average Bonchev–Trinajstić information content (AvgIpc) is 2.73. The molecule has 0 amide bonds. The molecule has 2 aliphatic rings. The number of rotatable bonds is 1. The molecule has 1 aliphatic heterocycles. The maximum absolute atomic E-state index is 6.15. The van der Waals surface area contributed by atoms with Crippen molar-refractivity contribution >= 4 is 11.6 Å². The molecule has 4 atom stereocenters. The van der Waals surface area contributed by atoms with Gasteiger partial charge in [0.05, 0.1) is 12.7 Å². The summed E-state index contributed by atoms with van der Waals surface area (Å²) in [4.78, 5) is 0. The molecule has 0 aromatic heterocycles. The average molecular weight is 266 g/mol. The molecule has 1 saturated heterocycles. The van der Waals surface area contributed by atoms with E-state index in [0.717, 1.165) is 11.6 Å². The van der Waals surface area contributed by atoms with Crippen LogP contribution in [0.25, 0.3) is 0 Å². The minimum absolute atomic E-state index is 0.146. The van der Waals surface area contributed by atoms with E-state index in [1.165, 1.54) is 24.8 Å². The van der Waals surface area contributed by atoms with E-state index in [1.807, 2.05) is 12.1 Å². The van der Waals surface area contributed by atoms with Gasteiger partial charge < -0.3 is 10.1 Å². The van der Waals surface area contributed by atoms with Crippen LogP contribution in [0.3, 0.4) is 0 Å². The summed E-state index contributed by atoms with van der Waals surface area (Å²) < 4.78 is 6.15. The molecule has 98 valence electrons. The third kappa shape index (κ3) is 2.42. The van der Waals surface area contributed by atoms with Gasteiger partial charge >= 0.3 is 0 Å². The largest absolute Gasteiger partial charge is 0.372 e. The fourth-order valence-corrected chi connectivity index (χ4v) is 3.42. The molecule has 1 saturated carbocycles. The van der Waals surface area contributed by atoms with Crippen molar-refractivity contribution in [3.05, 3.63) is 34.9 Å². The molecule has 1 aromatic rings. The second-order valence-electron chi connectivity index (χ2n) is 5.56. The Kier molecular flexibility index (Phi) is 3.60. The first kappa shape index (κ1) is 12.5. The van der Waals surface area contributed by atoms with Gasteiger partial charge in [-0.05, 0) is 43.4 Å². The predicted molar refractivity (Wildman–Crippen MR) is 73.9 cm³/mol. The van der Waals surface area contributed by atoms with E-state index in [2.05, 4.69) is 24.4 Å². The summed E-state index contributed by atoms with van der Waals surface area (Å²) in [5, 5.41) is 4.53. The van der Waals surface area contributed by atoms with Crippen molar-refractivity contribution in [2.75, 3.05) is 6.61 Å². The van der Waals surface area contributed by atoms with Crippen molar-refractivity contribution in [1.29, 1.82) is 0 Å². The van der Waals surface area contributed by atoms with Gasteiger partial charge in [-0.15, -0.1) is 0 Å². The van der Waals surface area contributed by atoms with Crippen LogP contribution >= 0.6 is 11.6 Å². The maximum atomic E-state index is 6.15. The molecular weight excluding hydrogens is 246 g/mol. The van der Waals surface area contributed by atoms with Crippen LogP contribution in [0.5, 0.6) is 0 Å². The van der Waals surface area contributed by atoms with Gasteiger partial charge in [0, 0.05) is 17.1 Å². The molecule has 1 heterocycles. The van der Waals surface area contributed by atoms with Crippen LogP contribution in [-0.2, 0) is 4.74 Å². The maximum Gasteiger partial charge on any atom is 0.0975 e. The lowest BCUT2D eigenvalue weighted by Gasteiger charge is -2.24. The fourth-order valence-electron chi connectivity index (χ4n) is 3.29. The van der Waals surface area contributed by atoms with Gasteiger partial charge in [-0.3, -0.25) is 0 Å². The summed E-state index contributed by atoms with van der Waals surface area (Å²) in [7, 11) is 0. The number of hydrogen-bond acceptors (Lipinski definition) is 2. The molecular formula is C15H20ClNO. The minimum Gasteiger partial charge on any atom is -0.372 e. The summed E-state index contributed by atoms with van der Waals surface area (Å²) in [6.07, 6.45) is 4.08. The first-order chi connectivity index (χ1) is 8.74. The van der Waals surface area contributed by atoms with E-state index in [1.54, 1.807) is 0 Å².